The van der Waals surface area contributed by atoms with Gasteiger partial charge in [-0.25, -0.2) is 9.13 Å². The van der Waals surface area contributed by atoms with E-state index in [1.807, 2.05) is 60.7 Å². The Labute approximate surface area is 219 Å². The zero-order chi connectivity index (χ0) is 27.1. The average molecular weight is 552 g/mol. The van der Waals surface area contributed by atoms with E-state index in [0.717, 1.165) is 33.4 Å². The molecule has 0 aliphatic heterocycles. The van der Waals surface area contributed by atoms with Gasteiger partial charge in [-0.1, -0.05) is 24.3 Å². The first-order valence-electron chi connectivity index (χ1n) is 11.9. The third kappa shape index (κ3) is 5.89. The Hall–Kier alpha value is -3.29. The first kappa shape index (κ1) is 26.3. The predicted molar refractivity (Wildman–Crippen MR) is 140 cm³/mol. The summed E-state index contributed by atoms with van der Waals surface area (Å²) in [6.45, 7) is 0.416. The minimum Gasteiger partial charge on any atom is -0.324 e. The van der Waals surface area contributed by atoms with Crippen molar-refractivity contribution in [2.75, 3.05) is 12.3 Å². The highest BCUT2D eigenvalue weighted by molar-refractivity contribution is 7.51. The molecule has 2 aromatic heterocycles. The largest absolute Gasteiger partial charge is 0.331 e. The van der Waals surface area contributed by atoms with Crippen LogP contribution >= 0.6 is 15.2 Å². The zero-order valence-electron chi connectivity index (χ0n) is 20.2. The Kier molecular flexibility index (Phi) is 7.01. The van der Waals surface area contributed by atoms with Crippen molar-refractivity contribution in [2.45, 2.75) is 13.1 Å². The van der Waals surface area contributed by atoms with Gasteiger partial charge in [-0.3, -0.25) is 13.9 Å². The Morgan fingerprint density at radius 2 is 0.895 bits per heavy atom. The van der Waals surface area contributed by atoms with Crippen LogP contribution in [0.15, 0.2) is 85.5 Å². The highest BCUT2D eigenvalue weighted by atomic mass is 31.2. The van der Waals surface area contributed by atoms with E-state index in [1.54, 1.807) is 33.9 Å². The van der Waals surface area contributed by atoms with Crippen LogP contribution in [0.1, 0.15) is 15.9 Å². The van der Waals surface area contributed by atoms with E-state index in [0.29, 0.717) is 11.1 Å². The summed E-state index contributed by atoms with van der Waals surface area (Å²) >= 11 is 0. The summed E-state index contributed by atoms with van der Waals surface area (Å²) < 4.78 is 25.7. The molecule has 1 aliphatic rings. The first-order valence-corrected chi connectivity index (χ1v) is 15.5. The molecule has 9 nitrogen and oxygen atoms in total. The van der Waals surface area contributed by atoms with Crippen LogP contribution in [-0.4, -0.2) is 37.7 Å². The maximum absolute atomic E-state index is 13.4. The van der Waals surface area contributed by atoms with Crippen LogP contribution < -0.4 is 9.13 Å². The summed E-state index contributed by atoms with van der Waals surface area (Å²) in [5.74, 6) is -0.0565. The molecule has 0 fully saturated rings. The number of aryl methyl sites for hydroxylation is 2. The molecule has 4 aromatic rings. The smallest absolute Gasteiger partial charge is 0.324 e. The van der Waals surface area contributed by atoms with Crippen molar-refractivity contribution in [3.63, 3.8) is 0 Å². The quantitative estimate of drug-likeness (QED) is 0.171. The predicted octanol–water partition coefficient (Wildman–Crippen LogP) is 3.16. The van der Waals surface area contributed by atoms with Gasteiger partial charge in [0.05, 0.1) is 0 Å². The molecule has 5 rings (SSSR count). The molecule has 0 atom stereocenters. The van der Waals surface area contributed by atoms with E-state index in [9.17, 15) is 13.9 Å². The third-order valence-electron chi connectivity index (χ3n) is 6.57. The van der Waals surface area contributed by atoms with Gasteiger partial charge < -0.3 is 19.6 Å². The summed E-state index contributed by atoms with van der Waals surface area (Å²) in [5.41, 5.74) is 6.51. The van der Waals surface area contributed by atoms with Gasteiger partial charge >= 0.3 is 15.2 Å². The molecule has 2 heterocycles. The highest BCUT2D eigenvalue weighted by Crippen LogP contribution is 2.40. The fourth-order valence-electron chi connectivity index (χ4n) is 4.53. The minimum atomic E-state index is -4.07. The van der Waals surface area contributed by atoms with Crippen molar-refractivity contribution < 1.29 is 42.6 Å². The lowest BCUT2D eigenvalue weighted by molar-refractivity contribution is -0.692. The van der Waals surface area contributed by atoms with E-state index in [4.69, 9.17) is 19.6 Å². The number of aromatic nitrogens is 2. The molecule has 2 aromatic carbocycles. The third-order valence-corrected chi connectivity index (χ3v) is 8.13. The summed E-state index contributed by atoms with van der Waals surface area (Å²) in [5, 5.41) is 0. The van der Waals surface area contributed by atoms with E-state index in [1.165, 1.54) is 0 Å². The Morgan fingerprint density at radius 1 is 0.526 bits per heavy atom. The van der Waals surface area contributed by atoms with Gasteiger partial charge in [0.15, 0.2) is 43.7 Å². The molecule has 0 radical (unpaired) electrons. The van der Waals surface area contributed by atoms with Gasteiger partial charge in [-0.05, 0) is 45.5 Å². The van der Waals surface area contributed by atoms with Gasteiger partial charge in [0.1, 0.15) is 12.3 Å². The molecule has 0 saturated carbocycles. The van der Waals surface area contributed by atoms with Gasteiger partial charge in [0, 0.05) is 35.4 Å². The fraction of sp³-hybridized carbons (Fsp3) is 0.148. The molecule has 194 valence electrons. The monoisotopic (exact) mass is 552 g/mol. The molecule has 0 spiro atoms. The first-order chi connectivity index (χ1) is 18.0. The normalized spacial score (nSPS) is 12.9. The second-order valence-electron chi connectivity index (χ2n) is 9.28. The summed E-state index contributed by atoms with van der Waals surface area (Å²) in [6, 6.07) is 19.0. The number of pyridine rings is 2. The van der Waals surface area contributed by atoms with Crippen LogP contribution in [0.2, 0.25) is 0 Å². The van der Waals surface area contributed by atoms with Crippen LogP contribution in [0.3, 0.4) is 0 Å². The molecule has 0 bridgehead atoms. The molecule has 4 N–H and O–H groups in total. The fourth-order valence-corrected chi connectivity index (χ4v) is 5.51. The molecular formula is C27H26N2O7P2+2. The minimum absolute atomic E-state index is 0.0565. The van der Waals surface area contributed by atoms with Crippen molar-refractivity contribution in [1.82, 2.24) is 0 Å². The molecule has 0 saturated heterocycles. The van der Waals surface area contributed by atoms with Gasteiger partial charge in [-0.15, -0.1) is 0 Å². The standard InChI is InChI=1S/C27H24N2O7P2/c30-27-25-17-21(19-5-9-28(10-6-19)13-15-37(31,32)33)1-3-23(25)24-4-2-22(18-26(24)27)20-7-11-29(12-8-20)14-16-38(34,35)36/h1-12,17-18H,13-16H2,(H2-2,31,32,33,34,35,36)/p+2. The topological polar surface area (TPSA) is 140 Å². The number of benzene rings is 2. The van der Waals surface area contributed by atoms with E-state index in [2.05, 4.69) is 0 Å². The van der Waals surface area contributed by atoms with Crippen LogP contribution in [0, 0.1) is 0 Å². The number of carbonyl (C=O) groups is 1. The molecule has 11 heteroatoms. The highest BCUT2D eigenvalue weighted by Gasteiger charge is 2.27. The second-order valence-corrected chi connectivity index (χ2v) is 12.8. The molecule has 1 aliphatic carbocycles. The number of ketones is 1. The van der Waals surface area contributed by atoms with Gasteiger partial charge in [-0.2, -0.15) is 0 Å². The lowest BCUT2D eigenvalue weighted by Gasteiger charge is -2.06. The molecule has 38 heavy (non-hydrogen) atoms. The van der Waals surface area contributed by atoms with Crippen LogP contribution in [-0.2, 0) is 22.2 Å². The van der Waals surface area contributed by atoms with E-state index in [-0.39, 0.29) is 31.2 Å². The second kappa shape index (κ2) is 10.1. The number of hydrogen-bond acceptors (Lipinski definition) is 3. The van der Waals surface area contributed by atoms with Crippen LogP contribution in [0.5, 0.6) is 0 Å². The SMILES string of the molecule is O=C1c2cc(-c3cc[n+](CCP(=O)(O)O)cc3)ccc2-c2ccc(-c3cc[n+](CCP(=O)(O)O)cc3)cc21. The molecule has 0 amide bonds. The Bertz CT molecular complexity index is 1500. The van der Waals surface area contributed by atoms with Crippen LogP contribution in [0.25, 0.3) is 33.4 Å². The zero-order valence-corrected chi connectivity index (χ0v) is 22.0. The maximum Gasteiger partial charge on any atom is 0.331 e. The maximum atomic E-state index is 13.4. The van der Waals surface area contributed by atoms with E-state index < -0.39 is 15.2 Å². The number of rotatable bonds is 8. The van der Waals surface area contributed by atoms with Gasteiger partial charge in [0.25, 0.3) is 0 Å². The number of nitrogens with zero attached hydrogens (tertiary/aromatic N) is 2. The van der Waals surface area contributed by atoms with E-state index >= 15 is 0 Å². The summed E-state index contributed by atoms with van der Waals surface area (Å²) in [6.07, 6.45) is 6.58. The van der Waals surface area contributed by atoms with Crippen LogP contribution in [0.4, 0.5) is 0 Å². The number of carbonyl (C=O) groups excluding carboxylic acids is 1. The lowest BCUT2D eigenvalue weighted by Crippen LogP contribution is -2.34. The Morgan fingerprint density at radius 3 is 1.24 bits per heavy atom. The average Bonchev–Trinajstić information content (AvgIpc) is 3.17. The summed E-state index contributed by atoms with van der Waals surface area (Å²) in [7, 11) is -8.13. The molecule has 0 unspecified atom stereocenters. The lowest BCUT2D eigenvalue weighted by atomic mass is 9.98. The van der Waals surface area contributed by atoms with Crippen molar-refractivity contribution in [3.8, 4) is 33.4 Å². The molecular weight excluding hydrogens is 526 g/mol. The number of fused-ring (bicyclic) bond motifs is 3. The van der Waals surface area contributed by atoms with Crippen molar-refractivity contribution in [2.24, 2.45) is 0 Å². The number of hydrogen-bond donors (Lipinski definition) is 4. The summed E-state index contributed by atoms with van der Waals surface area (Å²) in [4.78, 5) is 49.7. The van der Waals surface area contributed by atoms with Gasteiger partial charge in [0.2, 0.25) is 0 Å². The van der Waals surface area contributed by atoms with Crippen molar-refractivity contribution in [3.05, 3.63) is 96.6 Å². The van der Waals surface area contributed by atoms with Crippen molar-refractivity contribution in [1.29, 1.82) is 0 Å². The van der Waals surface area contributed by atoms with Crippen molar-refractivity contribution >= 4 is 21.0 Å². The Balaban J connectivity index is 1.35.